The highest BCUT2D eigenvalue weighted by Crippen LogP contribution is 2.33. The molecule has 1 aromatic heterocycles. The third kappa shape index (κ3) is 1.85. The minimum atomic E-state index is -1.58. The minimum Gasteiger partial charge on any atom is -0.496 e. The molecule has 1 heterocycles. The monoisotopic (exact) mass is 235 g/mol. The lowest BCUT2D eigenvalue weighted by atomic mass is 10.1. The van der Waals surface area contributed by atoms with Crippen LogP contribution in [0, 0.1) is 6.92 Å². The van der Waals surface area contributed by atoms with Gasteiger partial charge in [-0.25, -0.2) is 4.79 Å². The predicted octanol–water partition coefficient (Wildman–Crippen LogP) is 1.60. The van der Waals surface area contributed by atoms with Crippen LogP contribution in [0.3, 0.4) is 0 Å². The molecule has 2 rings (SSSR count). The van der Waals surface area contributed by atoms with Crippen LogP contribution in [0.5, 0.6) is 5.75 Å². The molecule has 90 valence electrons. The van der Waals surface area contributed by atoms with E-state index in [-0.39, 0.29) is 5.56 Å². The highest BCUT2D eigenvalue weighted by Gasteiger charge is 2.22. The molecule has 0 saturated carbocycles. The zero-order valence-corrected chi connectivity index (χ0v) is 9.52. The van der Waals surface area contributed by atoms with Crippen LogP contribution >= 0.6 is 0 Å². The number of carbonyl (C=O) groups is 1. The van der Waals surface area contributed by atoms with E-state index < -0.39 is 12.1 Å². The lowest BCUT2D eigenvalue weighted by Gasteiger charge is -2.12. The third-order valence-corrected chi connectivity index (χ3v) is 2.65. The van der Waals surface area contributed by atoms with E-state index in [0.29, 0.717) is 5.75 Å². The molecule has 0 aliphatic rings. The van der Waals surface area contributed by atoms with Crippen molar-refractivity contribution in [3.8, 4) is 5.75 Å². The van der Waals surface area contributed by atoms with Crippen LogP contribution in [-0.4, -0.2) is 28.3 Å². The largest absolute Gasteiger partial charge is 0.496 e. The Labute approximate surface area is 97.6 Å². The van der Waals surface area contributed by atoms with Crippen LogP contribution in [-0.2, 0) is 4.79 Å². The fourth-order valence-corrected chi connectivity index (χ4v) is 1.91. The van der Waals surface area contributed by atoms with Gasteiger partial charge in [0.25, 0.3) is 0 Å². The number of benzene rings is 1. The van der Waals surface area contributed by atoms with Gasteiger partial charge in [0, 0.05) is 22.2 Å². The number of aromatic nitrogens is 1. The molecule has 0 fully saturated rings. The van der Waals surface area contributed by atoms with E-state index in [4.69, 9.17) is 9.84 Å². The summed E-state index contributed by atoms with van der Waals surface area (Å²) in [5.74, 6) is -0.906. The van der Waals surface area contributed by atoms with Crippen molar-refractivity contribution in [3.63, 3.8) is 0 Å². The molecule has 0 bridgehead atoms. The number of ether oxygens (including phenoxy) is 1. The van der Waals surface area contributed by atoms with Gasteiger partial charge in [-0.3, -0.25) is 0 Å². The molecule has 5 nitrogen and oxygen atoms in total. The summed E-state index contributed by atoms with van der Waals surface area (Å²) in [6, 6.07) is 5.13. The van der Waals surface area contributed by atoms with Gasteiger partial charge in [0.05, 0.1) is 7.11 Å². The number of carboxylic acid groups (broad SMARTS) is 1. The van der Waals surface area contributed by atoms with Gasteiger partial charge >= 0.3 is 5.97 Å². The molecule has 1 atom stereocenters. The molecule has 0 saturated heterocycles. The van der Waals surface area contributed by atoms with Gasteiger partial charge in [0.2, 0.25) is 0 Å². The molecule has 0 amide bonds. The number of aliphatic hydroxyl groups is 1. The van der Waals surface area contributed by atoms with Crippen LogP contribution < -0.4 is 4.74 Å². The van der Waals surface area contributed by atoms with E-state index >= 15 is 0 Å². The van der Waals surface area contributed by atoms with Crippen molar-refractivity contribution < 1.29 is 19.7 Å². The average molecular weight is 235 g/mol. The Morgan fingerprint density at radius 2 is 2.18 bits per heavy atom. The molecule has 17 heavy (non-hydrogen) atoms. The average Bonchev–Trinajstić information content (AvgIpc) is 2.66. The van der Waals surface area contributed by atoms with Crippen LogP contribution in [0.1, 0.15) is 17.4 Å². The molecule has 0 aliphatic carbocycles. The van der Waals surface area contributed by atoms with E-state index in [1.54, 1.807) is 12.1 Å². The number of H-pyrrole nitrogens is 1. The summed E-state index contributed by atoms with van der Waals surface area (Å²) < 4.78 is 5.20. The van der Waals surface area contributed by atoms with Gasteiger partial charge in [0.15, 0.2) is 6.10 Å². The molecule has 0 spiro atoms. The third-order valence-electron chi connectivity index (χ3n) is 2.65. The molecule has 2 aromatic rings. The second-order valence-corrected chi connectivity index (χ2v) is 3.84. The van der Waals surface area contributed by atoms with Crippen molar-refractivity contribution in [3.05, 3.63) is 29.5 Å². The van der Waals surface area contributed by atoms with Crippen LogP contribution in [0.4, 0.5) is 0 Å². The molecule has 0 aliphatic heterocycles. The fourth-order valence-electron chi connectivity index (χ4n) is 1.91. The molecule has 0 radical (unpaired) electrons. The molecule has 1 aromatic carbocycles. The summed E-state index contributed by atoms with van der Waals surface area (Å²) >= 11 is 0. The Bertz CT molecular complexity index is 573. The summed E-state index contributed by atoms with van der Waals surface area (Å²) in [5.41, 5.74) is 2.05. The predicted molar refractivity (Wildman–Crippen MR) is 62.2 cm³/mol. The molecule has 1 unspecified atom stereocenters. The molecule has 5 heteroatoms. The van der Waals surface area contributed by atoms with Gasteiger partial charge in [0.1, 0.15) is 5.75 Å². The van der Waals surface area contributed by atoms with Crippen molar-refractivity contribution >= 4 is 16.9 Å². The number of hydrogen-bond acceptors (Lipinski definition) is 3. The zero-order valence-electron chi connectivity index (χ0n) is 9.52. The van der Waals surface area contributed by atoms with Crippen molar-refractivity contribution in [1.82, 2.24) is 4.98 Å². The Hall–Kier alpha value is -2.01. The number of fused-ring (bicyclic) bond motifs is 1. The number of aryl methyl sites for hydroxylation is 1. The van der Waals surface area contributed by atoms with Gasteiger partial charge in [-0.1, -0.05) is 0 Å². The number of carboxylic acids is 1. The number of hydrogen-bond donors (Lipinski definition) is 3. The number of aliphatic carboxylic acids is 1. The van der Waals surface area contributed by atoms with Gasteiger partial charge in [-0.2, -0.15) is 0 Å². The van der Waals surface area contributed by atoms with Gasteiger partial charge in [-0.05, 0) is 25.1 Å². The summed E-state index contributed by atoms with van der Waals surface area (Å²) in [4.78, 5) is 13.9. The zero-order chi connectivity index (χ0) is 12.6. The minimum absolute atomic E-state index is 0.256. The molecular weight excluding hydrogens is 222 g/mol. The number of aromatic amines is 1. The summed E-state index contributed by atoms with van der Waals surface area (Å²) in [7, 11) is 1.45. The highest BCUT2D eigenvalue weighted by molar-refractivity contribution is 5.90. The van der Waals surface area contributed by atoms with Gasteiger partial charge < -0.3 is 19.9 Å². The SMILES string of the molecule is COc1c(C(O)C(=O)O)ccc2[nH]c(C)cc12. The first-order valence-corrected chi connectivity index (χ1v) is 5.11. The first-order valence-electron chi connectivity index (χ1n) is 5.11. The number of methoxy groups -OCH3 is 1. The lowest BCUT2D eigenvalue weighted by molar-refractivity contribution is -0.147. The van der Waals surface area contributed by atoms with E-state index in [2.05, 4.69) is 4.98 Å². The van der Waals surface area contributed by atoms with Crippen molar-refractivity contribution in [2.24, 2.45) is 0 Å². The Balaban J connectivity index is 2.68. The molecule has 3 N–H and O–H groups in total. The smallest absolute Gasteiger partial charge is 0.337 e. The standard InChI is InChI=1S/C12H13NO4/c1-6-5-8-9(13-6)4-3-7(11(8)17-2)10(14)12(15)16/h3-5,10,13-14H,1-2H3,(H,15,16). The van der Waals surface area contributed by atoms with E-state index in [0.717, 1.165) is 16.6 Å². The quantitative estimate of drug-likeness (QED) is 0.754. The summed E-state index contributed by atoms with van der Waals surface area (Å²) in [6.45, 7) is 1.90. The first kappa shape index (κ1) is 11.5. The maximum absolute atomic E-state index is 10.8. The first-order chi connectivity index (χ1) is 8.04. The maximum Gasteiger partial charge on any atom is 0.337 e. The normalized spacial score (nSPS) is 12.6. The van der Waals surface area contributed by atoms with Crippen molar-refractivity contribution in [1.29, 1.82) is 0 Å². The summed E-state index contributed by atoms with van der Waals surface area (Å²) in [6.07, 6.45) is -1.58. The Kier molecular flexibility index (Phi) is 2.77. The Morgan fingerprint density at radius 3 is 2.76 bits per heavy atom. The Morgan fingerprint density at radius 1 is 1.47 bits per heavy atom. The van der Waals surface area contributed by atoms with Crippen LogP contribution in [0.25, 0.3) is 10.9 Å². The second-order valence-electron chi connectivity index (χ2n) is 3.84. The van der Waals surface area contributed by atoms with Crippen molar-refractivity contribution in [2.45, 2.75) is 13.0 Å². The van der Waals surface area contributed by atoms with E-state index in [9.17, 15) is 9.90 Å². The van der Waals surface area contributed by atoms with Crippen LogP contribution in [0.15, 0.2) is 18.2 Å². The maximum atomic E-state index is 10.8. The molecular formula is C12H13NO4. The van der Waals surface area contributed by atoms with Crippen molar-refractivity contribution in [2.75, 3.05) is 7.11 Å². The fraction of sp³-hybridized carbons (Fsp3) is 0.250. The number of nitrogens with one attached hydrogen (secondary N) is 1. The van der Waals surface area contributed by atoms with Gasteiger partial charge in [-0.15, -0.1) is 0 Å². The second kappa shape index (κ2) is 4.10. The highest BCUT2D eigenvalue weighted by atomic mass is 16.5. The number of aliphatic hydroxyl groups excluding tert-OH is 1. The van der Waals surface area contributed by atoms with Crippen LogP contribution in [0.2, 0.25) is 0 Å². The topological polar surface area (TPSA) is 82.6 Å². The van der Waals surface area contributed by atoms with E-state index in [1.165, 1.54) is 7.11 Å². The summed E-state index contributed by atoms with van der Waals surface area (Å²) in [5, 5.41) is 19.2. The number of rotatable bonds is 3. The lowest BCUT2D eigenvalue weighted by Crippen LogP contribution is -2.11. The van der Waals surface area contributed by atoms with E-state index in [1.807, 2.05) is 13.0 Å².